The van der Waals surface area contributed by atoms with Crippen molar-refractivity contribution < 1.29 is 4.74 Å². The smallest absolute Gasteiger partial charge is 0.126 e. The molecule has 6 nitrogen and oxygen atoms in total. The Morgan fingerprint density at radius 2 is 2.36 bits per heavy atom. The van der Waals surface area contributed by atoms with Crippen LogP contribution in [0, 0.1) is 0 Å². The van der Waals surface area contributed by atoms with Gasteiger partial charge >= 0.3 is 0 Å². The van der Waals surface area contributed by atoms with E-state index < -0.39 is 0 Å². The number of aromatic amines is 1. The predicted octanol–water partition coefficient (Wildman–Crippen LogP) is 1.85. The van der Waals surface area contributed by atoms with E-state index in [0.717, 1.165) is 36.6 Å². The van der Waals surface area contributed by atoms with Crippen molar-refractivity contribution >= 4 is 0 Å². The van der Waals surface area contributed by atoms with Crippen molar-refractivity contribution in [1.82, 2.24) is 25.0 Å². The first-order chi connectivity index (χ1) is 10.8. The van der Waals surface area contributed by atoms with Crippen LogP contribution in [0.15, 0.2) is 36.9 Å². The first-order valence-electron chi connectivity index (χ1n) is 7.39. The maximum atomic E-state index is 5.88. The average Bonchev–Trinajstić information content (AvgIpc) is 3.26. The second kappa shape index (κ2) is 5.29. The minimum atomic E-state index is 0.132. The Bertz CT molecular complexity index is 778. The number of imidazole rings is 1. The topological polar surface area (TPSA) is 68.6 Å². The molecule has 3 aromatic rings. The molecule has 0 spiro atoms. The molecule has 6 heteroatoms. The Balaban J connectivity index is 1.76. The molecule has 1 unspecified atom stereocenters. The van der Waals surface area contributed by atoms with Crippen LogP contribution in [-0.2, 0) is 19.9 Å². The van der Waals surface area contributed by atoms with Crippen LogP contribution in [0.3, 0.4) is 0 Å². The van der Waals surface area contributed by atoms with Crippen LogP contribution >= 0.6 is 0 Å². The van der Waals surface area contributed by atoms with E-state index >= 15 is 0 Å². The lowest BCUT2D eigenvalue weighted by atomic mass is 9.89. The highest BCUT2D eigenvalue weighted by molar-refractivity contribution is 5.48. The van der Waals surface area contributed by atoms with Crippen molar-refractivity contribution in [2.75, 3.05) is 6.61 Å². The summed E-state index contributed by atoms with van der Waals surface area (Å²) in [5.41, 5.74) is 4.48. The molecule has 4 rings (SSSR count). The summed E-state index contributed by atoms with van der Waals surface area (Å²) in [6.45, 7) is 0.757. The lowest BCUT2D eigenvalue weighted by Crippen LogP contribution is -2.08. The third-order valence-corrected chi connectivity index (χ3v) is 4.08. The molecule has 0 radical (unpaired) electrons. The lowest BCUT2D eigenvalue weighted by Gasteiger charge is -2.17. The highest BCUT2D eigenvalue weighted by Crippen LogP contribution is 2.38. The van der Waals surface area contributed by atoms with Gasteiger partial charge in [-0.15, -0.1) is 5.10 Å². The van der Waals surface area contributed by atoms with Gasteiger partial charge in [0.15, 0.2) is 0 Å². The average molecular weight is 295 g/mol. The predicted molar refractivity (Wildman–Crippen MR) is 80.8 cm³/mol. The van der Waals surface area contributed by atoms with Gasteiger partial charge < -0.3 is 9.72 Å². The summed E-state index contributed by atoms with van der Waals surface area (Å²) in [4.78, 5) is 7.40. The molecular formula is C16H17N5O. The molecule has 1 aliphatic rings. The zero-order valence-electron chi connectivity index (χ0n) is 12.4. The molecule has 112 valence electrons. The van der Waals surface area contributed by atoms with E-state index in [1.807, 2.05) is 19.4 Å². The van der Waals surface area contributed by atoms with Crippen LogP contribution in [0.25, 0.3) is 0 Å². The number of hydrogen-bond donors (Lipinski definition) is 1. The van der Waals surface area contributed by atoms with Crippen molar-refractivity contribution in [2.24, 2.45) is 7.05 Å². The summed E-state index contributed by atoms with van der Waals surface area (Å²) in [7, 11) is 1.88. The Kier molecular flexibility index (Phi) is 3.14. The summed E-state index contributed by atoms with van der Waals surface area (Å²) >= 11 is 0. The number of hydrogen-bond acceptors (Lipinski definition) is 4. The van der Waals surface area contributed by atoms with Gasteiger partial charge in [-0.25, -0.2) is 4.98 Å². The molecule has 1 N–H and O–H groups in total. The first kappa shape index (κ1) is 13.1. The number of benzene rings is 1. The van der Waals surface area contributed by atoms with Gasteiger partial charge in [-0.1, -0.05) is 23.4 Å². The Labute approximate surface area is 128 Å². The van der Waals surface area contributed by atoms with Crippen LogP contribution in [-0.4, -0.2) is 31.6 Å². The third kappa shape index (κ3) is 2.26. The molecule has 1 aliphatic heterocycles. The van der Waals surface area contributed by atoms with Crippen LogP contribution in [0.2, 0.25) is 0 Å². The number of ether oxygens (including phenoxy) is 1. The number of rotatable bonds is 4. The highest BCUT2D eigenvalue weighted by atomic mass is 16.5. The number of H-pyrrole nitrogens is 1. The van der Waals surface area contributed by atoms with Gasteiger partial charge in [0.1, 0.15) is 5.75 Å². The summed E-state index contributed by atoms with van der Waals surface area (Å²) in [5.74, 6) is 1.15. The largest absolute Gasteiger partial charge is 0.493 e. The van der Waals surface area contributed by atoms with Crippen molar-refractivity contribution in [3.05, 3.63) is 59.4 Å². The van der Waals surface area contributed by atoms with Crippen molar-refractivity contribution in [2.45, 2.75) is 18.8 Å². The van der Waals surface area contributed by atoms with Gasteiger partial charge in [-0.05, 0) is 5.56 Å². The fourth-order valence-corrected chi connectivity index (χ4v) is 3.06. The Morgan fingerprint density at radius 3 is 3.14 bits per heavy atom. The van der Waals surface area contributed by atoms with Crippen LogP contribution in [0.5, 0.6) is 5.75 Å². The SMILES string of the molecule is Cn1cc(CC(c2cnc[nH]2)c2cccc3c2OCC3)nn1. The molecule has 1 atom stereocenters. The third-order valence-electron chi connectivity index (χ3n) is 4.08. The van der Waals surface area contributed by atoms with E-state index in [4.69, 9.17) is 4.74 Å². The minimum Gasteiger partial charge on any atom is -0.493 e. The molecule has 0 fully saturated rings. The summed E-state index contributed by atoms with van der Waals surface area (Å²) < 4.78 is 7.60. The Morgan fingerprint density at radius 1 is 1.41 bits per heavy atom. The second-order valence-corrected chi connectivity index (χ2v) is 5.58. The monoisotopic (exact) mass is 295 g/mol. The molecule has 1 aromatic carbocycles. The van der Waals surface area contributed by atoms with Crippen LogP contribution in [0.4, 0.5) is 0 Å². The highest BCUT2D eigenvalue weighted by Gasteiger charge is 2.25. The fourth-order valence-electron chi connectivity index (χ4n) is 3.06. The summed E-state index contributed by atoms with van der Waals surface area (Å²) in [6.07, 6.45) is 7.27. The van der Waals surface area contributed by atoms with E-state index in [-0.39, 0.29) is 5.92 Å². The molecule has 0 saturated carbocycles. The number of aromatic nitrogens is 5. The normalized spacial score (nSPS) is 14.6. The summed E-state index contributed by atoms with van der Waals surface area (Å²) in [6, 6.07) is 6.37. The number of fused-ring (bicyclic) bond motifs is 1. The lowest BCUT2D eigenvalue weighted by molar-refractivity contribution is 0.352. The quantitative estimate of drug-likeness (QED) is 0.797. The van der Waals surface area contributed by atoms with E-state index in [1.54, 1.807) is 11.0 Å². The molecule has 2 aromatic heterocycles. The Hall–Kier alpha value is -2.63. The molecule has 0 bridgehead atoms. The molecule has 0 amide bonds. The standard InChI is InChI=1S/C16H17N5O/c1-21-9-12(19-20-21)7-14(15-8-17-10-18-15)13-4-2-3-11-5-6-22-16(11)13/h2-4,8-10,14H,5-7H2,1H3,(H,17,18). The van der Waals surface area contributed by atoms with Crippen LogP contribution in [0.1, 0.15) is 28.4 Å². The van der Waals surface area contributed by atoms with Crippen molar-refractivity contribution in [3.8, 4) is 5.75 Å². The second-order valence-electron chi connectivity index (χ2n) is 5.58. The van der Waals surface area contributed by atoms with Gasteiger partial charge in [-0.2, -0.15) is 0 Å². The van der Waals surface area contributed by atoms with E-state index in [9.17, 15) is 0 Å². The maximum absolute atomic E-state index is 5.88. The first-order valence-corrected chi connectivity index (χ1v) is 7.39. The summed E-state index contributed by atoms with van der Waals surface area (Å²) in [5, 5.41) is 8.25. The van der Waals surface area contributed by atoms with Crippen molar-refractivity contribution in [3.63, 3.8) is 0 Å². The molecule has 0 saturated heterocycles. The van der Waals surface area contributed by atoms with Crippen LogP contribution < -0.4 is 4.74 Å². The molecule has 0 aliphatic carbocycles. The van der Waals surface area contributed by atoms with Gasteiger partial charge in [0.25, 0.3) is 0 Å². The van der Waals surface area contributed by atoms with E-state index in [0.29, 0.717) is 0 Å². The maximum Gasteiger partial charge on any atom is 0.126 e. The minimum absolute atomic E-state index is 0.132. The molecule has 3 heterocycles. The van der Waals surface area contributed by atoms with Gasteiger partial charge in [-0.3, -0.25) is 4.68 Å². The van der Waals surface area contributed by atoms with Gasteiger partial charge in [0.2, 0.25) is 0 Å². The zero-order valence-corrected chi connectivity index (χ0v) is 12.4. The number of para-hydroxylation sites is 1. The molecule has 22 heavy (non-hydrogen) atoms. The zero-order chi connectivity index (χ0) is 14.9. The van der Waals surface area contributed by atoms with Gasteiger partial charge in [0.05, 0.1) is 18.6 Å². The fraction of sp³-hybridized carbons (Fsp3) is 0.312. The molecular weight excluding hydrogens is 278 g/mol. The van der Waals surface area contributed by atoms with E-state index in [2.05, 4.69) is 38.5 Å². The van der Waals surface area contributed by atoms with Crippen molar-refractivity contribution in [1.29, 1.82) is 0 Å². The number of nitrogens with one attached hydrogen (secondary N) is 1. The van der Waals surface area contributed by atoms with Gasteiger partial charge in [0, 0.05) is 49.5 Å². The number of aryl methyl sites for hydroxylation is 1. The number of nitrogens with zero attached hydrogens (tertiary/aromatic N) is 4. The van der Waals surface area contributed by atoms with E-state index in [1.165, 1.54) is 11.1 Å².